The van der Waals surface area contributed by atoms with Crippen molar-refractivity contribution < 1.29 is 4.74 Å². The van der Waals surface area contributed by atoms with Crippen LogP contribution in [0.2, 0.25) is 0 Å². The van der Waals surface area contributed by atoms with E-state index in [4.69, 9.17) is 4.74 Å². The number of rotatable bonds is 4. The molecule has 0 aromatic rings. The molecule has 3 aliphatic rings. The molecular formula is C19H35NO. The molecule has 21 heavy (non-hydrogen) atoms. The van der Waals surface area contributed by atoms with E-state index in [-0.39, 0.29) is 5.60 Å². The first-order chi connectivity index (χ1) is 10.2. The summed E-state index contributed by atoms with van der Waals surface area (Å²) in [5, 5.41) is 3.89. The molecule has 1 saturated heterocycles. The highest BCUT2D eigenvalue weighted by Gasteiger charge is 2.43. The molecular weight excluding hydrogens is 258 g/mol. The fourth-order valence-corrected chi connectivity index (χ4v) is 5.50. The van der Waals surface area contributed by atoms with Gasteiger partial charge in [-0.25, -0.2) is 0 Å². The minimum atomic E-state index is 0.275. The molecule has 0 amide bonds. The number of nitrogens with one attached hydrogen (secondary N) is 1. The maximum atomic E-state index is 6.27. The van der Waals surface area contributed by atoms with Crippen LogP contribution in [0.3, 0.4) is 0 Å². The van der Waals surface area contributed by atoms with Crippen molar-refractivity contribution in [2.75, 3.05) is 13.2 Å². The SMILES string of the molecule is CCNC(C1CCCC(C)C1)C1CCOC2(CCCC2)C1. The molecule has 122 valence electrons. The van der Waals surface area contributed by atoms with Crippen LogP contribution in [-0.4, -0.2) is 24.8 Å². The van der Waals surface area contributed by atoms with Crippen molar-refractivity contribution in [2.45, 2.75) is 89.7 Å². The third-order valence-electron chi connectivity index (χ3n) is 6.48. The standard InChI is InChI=1S/C19H35NO/c1-3-20-18(16-8-6-7-15(2)13-16)17-9-12-21-19(14-17)10-4-5-11-19/h15-18,20H,3-14H2,1-2H3. The predicted molar refractivity (Wildman–Crippen MR) is 88.5 cm³/mol. The first kappa shape index (κ1) is 15.8. The molecule has 1 heterocycles. The topological polar surface area (TPSA) is 21.3 Å². The van der Waals surface area contributed by atoms with Crippen LogP contribution >= 0.6 is 0 Å². The van der Waals surface area contributed by atoms with E-state index in [9.17, 15) is 0 Å². The van der Waals surface area contributed by atoms with Gasteiger partial charge in [-0.3, -0.25) is 0 Å². The van der Waals surface area contributed by atoms with Crippen LogP contribution in [0.4, 0.5) is 0 Å². The van der Waals surface area contributed by atoms with Crippen molar-refractivity contribution in [3.63, 3.8) is 0 Å². The van der Waals surface area contributed by atoms with Gasteiger partial charge in [0.15, 0.2) is 0 Å². The van der Waals surface area contributed by atoms with Crippen LogP contribution in [0.5, 0.6) is 0 Å². The van der Waals surface area contributed by atoms with Gasteiger partial charge in [-0.1, -0.05) is 39.5 Å². The van der Waals surface area contributed by atoms with E-state index in [1.807, 2.05) is 0 Å². The molecule has 0 aromatic carbocycles. The zero-order valence-electron chi connectivity index (χ0n) is 14.2. The average molecular weight is 293 g/mol. The number of hydrogen-bond acceptors (Lipinski definition) is 2. The van der Waals surface area contributed by atoms with Gasteiger partial charge in [0.1, 0.15) is 0 Å². The Bertz CT molecular complexity index is 324. The van der Waals surface area contributed by atoms with Gasteiger partial charge in [-0.15, -0.1) is 0 Å². The summed E-state index contributed by atoms with van der Waals surface area (Å²) < 4.78 is 6.27. The summed E-state index contributed by atoms with van der Waals surface area (Å²) in [5.41, 5.74) is 0.275. The zero-order chi connectivity index (χ0) is 14.7. The molecule has 0 bridgehead atoms. The zero-order valence-corrected chi connectivity index (χ0v) is 14.2. The Morgan fingerprint density at radius 3 is 2.62 bits per heavy atom. The third kappa shape index (κ3) is 3.64. The van der Waals surface area contributed by atoms with E-state index in [0.717, 1.165) is 36.9 Å². The van der Waals surface area contributed by atoms with E-state index in [2.05, 4.69) is 19.2 Å². The van der Waals surface area contributed by atoms with Crippen LogP contribution in [-0.2, 0) is 4.74 Å². The Morgan fingerprint density at radius 1 is 1.10 bits per heavy atom. The monoisotopic (exact) mass is 293 g/mol. The van der Waals surface area contributed by atoms with Crippen molar-refractivity contribution in [3.05, 3.63) is 0 Å². The fourth-order valence-electron chi connectivity index (χ4n) is 5.50. The second-order valence-corrected chi connectivity index (χ2v) is 8.11. The Labute approximate surface area is 131 Å². The summed E-state index contributed by atoms with van der Waals surface area (Å²) in [6.45, 7) is 6.87. The molecule has 2 saturated carbocycles. The highest BCUT2D eigenvalue weighted by molar-refractivity contribution is 4.96. The van der Waals surface area contributed by atoms with Gasteiger partial charge in [0.05, 0.1) is 5.60 Å². The minimum absolute atomic E-state index is 0.275. The predicted octanol–water partition coefficient (Wildman–Crippen LogP) is 4.53. The molecule has 1 aliphatic heterocycles. The first-order valence-corrected chi connectivity index (χ1v) is 9.60. The Kier molecular flexibility index (Phi) is 5.27. The average Bonchev–Trinajstić information content (AvgIpc) is 2.92. The van der Waals surface area contributed by atoms with E-state index < -0.39 is 0 Å². The van der Waals surface area contributed by atoms with Crippen LogP contribution in [0, 0.1) is 17.8 Å². The lowest BCUT2D eigenvalue weighted by atomic mass is 9.70. The van der Waals surface area contributed by atoms with E-state index >= 15 is 0 Å². The smallest absolute Gasteiger partial charge is 0.0685 e. The van der Waals surface area contributed by atoms with Crippen molar-refractivity contribution >= 4 is 0 Å². The first-order valence-electron chi connectivity index (χ1n) is 9.60. The maximum Gasteiger partial charge on any atom is 0.0685 e. The van der Waals surface area contributed by atoms with Crippen molar-refractivity contribution in [2.24, 2.45) is 17.8 Å². The lowest BCUT2D eigenvalue weighted by Gasteiger charge is -2.45. The minimum Gasteiger partial charge on any atom is -0.375 e. The summed E-state index contributed by atoms with van der Waals surface area (Å²) >= 11 is 0. The lowest BCUT2D eigenvalue weighted by molar-refractivity contribution is -0.102. The Morgan fingerprint density at radius 2 is 1.90 bits per heavy atom. The van der Waals surface area contributed by atoms with Crippen LogP contribution in [0.25, 0.3) is 0 Å². The van der Waals surface area contributed by atoms with Crippen molar-refractivity contribution in [1.29, 1.82) is 0 Å². The van der Waals surface area contributed by atoms with Gasteiger partial charge in [-0.05, 0) is 62.8 Å². The highest BCUT2D eigenvalue weighted by atomic mass is 16.5. The Hall–Kier alpha value is -0.0800. The quantitative estimate of drug-likeness (QED) is 0.822. The lowest BCUT2D eigenvalue weighted by Crippen LogP contribution is -2.49. The second kappa shape index (κ2) is 7.00. The second-order valence-electron chi connectivity index (χ2n) is 8.11. The summed E-state index contributed by atoms with van der Waals surface area (Å²) in [7, 11) is 0. The van der Waals surface area contributed by atoms with Crippen LogP contribution in [0.15, 0.2) is 0 Å². The van der Waals surface area contributed by atoms with Crippen molar-refractivity contribution in [3.8, 4) is 0 Å². The summed E-state index contributed by atoms with van der Waals surface area (Å²) in [5.74, 6) is 2.70. The van der Waals surface area contributed by atoms with Crippen molar-refractivity contribution in [1.82, 2.24) is 5.32 Å². The molecule has 4 atom stereocenters. The molecule has 3 rings (SSSR count). The molecule has 1 spiro atoms. The number of ether oxygens (including phenoxy) is 1. The van der Waals surface area contributed by atoms with Gasteiger partial charge in [-0.2, -0.15) is 0 Å². The molecule has 2 nitrogen and oxygen atoms in total. The van der Waals surface area contributed by atoms with E-state index in [0.29, 0.717) is 0 Å². The molecule has 0 radical (unpaired) electrons. The van der Waals surface area contributed by atoms with Gasteiger partial charge in [0, 0.05) is 12.6 Å². The van der Waals surface area contributed by atoms with Crippen LogP contribution < -0.4 is 5.32 Å². The van der Waals surface area contributed by atoms with Gasteiger partial charge in [0.25, 0.3) is 0 Å². The van der Waals surface area contributed by atoms with E-state index in [1.54, 1.807) is 0 Å². The molecule has 0 aromatic heterocycles. The normalized spacial score (nSPS) is 37.7. The number of hydrogen-bond donors (Lipinski definition) is 1. The summed E-state index contributed by atoms with van der Waals surface area (Å²) in [6, 6.07) is 0.749. The fraction of sp³-hybridized carbons (Fsp3) is 1.00. The molecule has 3 fully saturated rings. The molecule has 2 heteroatoms. The van der Waals surface area contributed by atoms with Gasteiger partial charge < -0.3 is 10.1 Å². The summed E-state index contributed by atoms with van der Waals surface area (Å²) in [6.07, 6.45) is 13.8. The Balaban J connectivity index is 1.67. The maximum absolute atomic E-state index is 6.27. The van der Waals surface area contributed by atoms with E-state index in [1.165, 1.54) is 64.2 Å². The molecule has 1 N–H and O–H groups in total. The van der Waals surface area contributed by atoms with Gasteiger partial charge in [0.2, 0.25) is 0 Å². The van der Waals surface area contributed by atoms with Gasteiger partial charge >= 0.3 is 0 Å². The molecule has 2 aliphatic carbocycles. The highest BCUT2D eigenvalue weighted by Crippen LogP contribution is 2.45. The largest absolute Gasteiger partial charge is 0.375 e. The molecule has 4 unspecified atom stereocenters. The van der Waals surface area contributed by atoms with Crippen LogP contribution in [0.1, 0.15) is 78.1 Å². The summed E-state index contributed by atoms with van der Waals surface area (Å²) in [4.78, 5) is 0. The third-order valence-corrected chi connectivity index (χ3v) is 6.48.